The molecule has 0 saturated carbocycles. The van der Waals surface area contributed by atoms with Gasteiger partial charge in [0.2, 0.25) is 5.91 Å². The Kier molecular flexibility index (Phi) is 6.30. The minimum Gasteiger partial charge on any atom is -0.372 e. The lowest BCUT2D eigenvalue weighted by atomic mass is 9.80. The van der Waals surface area contributed by atoms with E-state index in [0.717, 1.165) is 19.5 Å². The summed E-state index contributed by atoms with van der Waals surface area (Å²) in [5, 5.41) is 0. The highest BCUT2D eigenvalue weighted by Gasteiger charge is 2.35. The molecular weight excluding hydrogens is 228 g/mol. The van der Waals surface area contributed by atoms with Gasteiger partial charge in [0.1, 0.15) is 6.61 Å². The van der Waals surface area contributed by atoms with E-state index >= 15 is 0 Å². The van der Waals surface area contributed by atoms with Crippen LogP contribution in [-0.2, 0) is 9.53 Å². The van der Waals surface area contributed by atoms with E-state index in [1.54, 1.807) is 0 Å². The van der Waals surface area contributed by atoms with E-state index in [4.69, 9.17) is 10.5 Å². The minimum absolute atomic E-state index is 0. The number of amides is 1. The zero-order chi connectivity index (χ0) is 11.5. The van der Waals surface area contributed by atoms with Gasteiger partial charge in [-0.05, 0) is 18.8 Å². The Labute approximate surface area is 104 Å². The van der Waals surface area contributed by atoms with Gasteiger partial charge in [0.25, 0.3) is 0 Å². The fourth-order valence-corrected chi connectivity index (χ4v) is 1.87. The fraction of sp³-hybridized carbons (Fsp3) is 0.909. The third-order valence-corrected chi connectivity index (χ3v) is 3.09. The van der Waals surface area contributed by atoms with Gasteiger partial charge in [-0.2, -0.15) is 0 Å². The number of piperidine rings is 1. The molecule has 1 aliphatic rings. The van der Waals surface area contributed by atoms with Crippen LogP contribution in [0.4, 0.5) is 0 Å². The molecule has 1 rings (SSSR count). The Bertz CT molecular complexity index is 234. The molecule has 0 spiro atoms. The summed E-state index contributed by atoms with van der Waals surface area (Å²) in [6, 6.07) is 0.189. The molecule has 0 radical (unpaired) electrons. The van der Waals surface area contributed by atoms with Crippen LogP contribution in [0.3, 0.4) is 0 Å². The average molecular weight is 251 g/mol. The SMILES string of the molecule is CCOCC(=O)N1CCC(N)C(C)(C)C1.Cl. The Morgan fingerprint density at radius 2 is 2.19 bits per heavy atom. The van der Waals surface area contributed by atoms with E-state index < -0.39 is 0 Å². The summed E-state index contributed by atoms with van der Waals surface area (Å²) >= 11 is 0. The molecule has 0 aliphatic carbocycles. The maximum absolute atomic E-state index is 11.7. The highest BCUT2D eigenvalue weighted by Crippen LogP contribution is 2.27. The van der Waals surface area contributed by atoms with Crippen molar-refractivity contribution in [3.8, 4) is 0 Å². The molecule has 96 valence electrons. The summed E-state index contributed by atoms with van der Waals surface area (Å²) in [5.74, 6) is 0.0804. The van der Waals surface area contributed by atoms with Crippen molar-refractivity contribution in [2.45, 2.75) is 33.2 Å². The number of carbonyl (C=O) groups excluding carboxylic acids is 1. The van der Waals surface area contributed by atoms with Gasteiger partial charge < -0.3 is 15.4 Å². The van der Waals surface area contributed by atoms with Gasteiger partial charge in [-0.25, -0.2) is 0 Å². The van der Waals surface area contributed by atoms with Crippen LogP contribution < -0.4 is 5.73 Å². The zero-order valence-corrected chi connectivity index (χ0v) is 11.2. The lowest BCUT2D eigenvalue weighted by Crippen LogP contribution is -2.54. The molecule has 16 heavy (non-hydrogen) atoms. The number of hydrogen-bond donors (Lipinski definition) is 1. The Morgan fingerprint density at radius 3 is 2.69 bits per heavy atom. The Morgan fingerprint density at radius 1 is 1.56 bits per heavy atom. The third-order valence-electron chi connectivity index (χ3n) is 3.09. The van der Waals surface area contributed by atoms with Crippen LogP contribution in [0.15, 0.2) is 0 Å². The van der Waals surface area contributed by atoms with E-state index in [-0.39, 0.29) is 36.4 Å². The first kappa shape index (κ1) is 15.7. The second-order valence-electron chi connectivity index (χ2n) is 4.84. The first-order valence-corrected chi connectivity index (χ1v) is 5.58. The molecule has 1 fully saturated rings. The van der Waals surface area contributed by atoms with E-state index in [2.05, 4.69) is 13.8 Å². The first-order chi connectivity index (χ1) is 6.97. The normalized spacial score (nSPS) is 23.8. The van der Waals surface area contributed by atoms with Gasteiger partial charge >= 0.3 is 0 Å². The van der Waals surface area contributed by atoms with Crippen molar-refractivity contribution in [1.29, 1.82) is 0 Å². The summed E-state index contributed by atoms with van der Waals surface area (Å²) in [4.78, 5) is 13.6. The van der Waals surface area contributed by atoms with Gasteiger partial charge in [0.15, 0.2) is 0 Å². The monoisotopic (exact) mass is 250 g/mol. The van der Waals surface area contributed by atoms with Gasteiger partial charge in [-0.3, -0.25) is 4.79 Å². The standard InChI is InChI=1S/C11H22N2O2.ClH/c1-4-15-7-10(14)13-6-5-9(12)11(2,3)8-13;/h9H,4-8,12H2,1-3H3;1H. The van der Waals surface area contributed by atoms with Gasteiger partial charge in [-0.15, -0.1) is 12.4 Å². The van der Waals surface area contributed by atoms with Crippen LogP contribution in [0.2, 0.25) is 0 Å². The topological polar surface area (TPSA) is 55.6 Å². The largest absolute Gasteiger partial charge is 0.372 e. The molecule has 1 saturated heterocycles. The fourth-order valence-electron chi connectivity index (χ4n) is 1.87. The minimum atomic E-state index is 0. The molecule has 2 N–H and O–H groups in total. The summed E-state index contributed by atoms with van der Waals surface area (Å²) in [7, 11) is 0. The van der Waals surface area contributed by atoms with Gasteiger partial charge in [0, 0.05) is 25.7 Å². The summed E-state index contributed by atoms with van der Waals surface area (Å²) in [6.45, 7) is 8.39. The van der Waals surface area contributed by atoms with Crippen molar-refractivity contribution in [2.24, 2.45) is 11.1 Å². The van der Waals surface area contributed by atoms with Crippen molar-refractivity contribution < 1.29 is 9.53 Å². The van der Waals surface area contributed by atoms with Gasteiger partial charge in [0.05, 0.1) is 0 Å². The van der Waals surface area contributed by atoms with E-state index in [1.807, 2.05) is 11.8 Å². The van der Waals surface area contributed by atoms with Gasteiger partial charge in [-0.1, -0.05) is 13.8 Å². The van der Waals surface area contributed by atoms with Crippen LogP contribution in [0, 0.1) is 5.41 Å². The van der Waals surface area contributed by atoms with Crippen LogP contribution >= 0.6 is 12.4 Å². The predicted octanol–water partition coefficient (Wildman–Crippen LogP) is 1.03. The van der Waals surface area contributed by atoms with E-state index in [0.29, 0.717) is 6.61 Å². The van der Waals surface area contributed by atoms with Crippen molar-refractivity contribution >= 4 is 18.3 Å². The highest BCUT2D eigenvalue weighted by molar-refractivity contribution is 5.85. The average Bonchev–Trinajstić information content (AvgIpc) is 2.18. The smallest absolute Gasteiger partial charge is 0.248 e. The molecule has 0 aromatic heterocycles. The van der Waals surface area contributed by atoms with Crippen molar-refractivity contribution in [1.82, 2.24) is 4.90 Å². The number of carbonyl (C=O) groups is 1. The summed E-state index contributed by atoms with van der Waals surface area (Å²) < 4.78 is 5.12. The Balaban J connectivity index is 0.00000225. The molecule has 5 heteroatoms. The molecule has 0 aromatic carbocycles. The molecule has 4 nitrogen and oxygen atoms in total. The van der Waals surface area contributed by atoms with Crippen molar-refractivity contribution in [3.05, 3.63) is 0 Å². The maximum Gasteiger partial charge on any atom is 0.248 e. The van der Waals surface area contributed by atoms with E-state index in [1.165, 1.54) is 0 Å². The quantitative estimate of drug-likeness (QED) is 0.814. The number of hydrogen-bond acceptors (Lipinski definition) is 3. The number of ether oxygens (including phenoxy) is 1. The highest BCUT2D eigenvalue weighted by atomic mass is 35.5. The van der Waals surface area contributed by atoms with Crippen LogP contribution in [-0.4, -0.2) is 43.2 Å². The third kappa shape index (κ3) is 3.92. The number of nitrogens with zero attached hydrogens (tertiary/aromatic N) is 1. The molecule has 1 atom stereocenters. The maximum atomic E-state index is 11.7. The molecule has 0 aromatic rings. The Hall–Kier alpha value is -0.320. The zero-order valence-electron chi connectivity index (χ0n) is 10.4. The lowest BCUT2D eigenvalue weighted by molar-refractivity contribution is -0.139. The van der Waals surface area contributed by atoms with E-state index in [9.17, 15) is 4.79 Å². The molecule has 1 amide bonds. The van der Waals surface area contributed by atoms with Crippen LogP contribution in [0.25, 0.3) is 0 Å². The first-order valence-electron chi connectivity index (χ1n) is 5.58. The molecule has 0 bridgehead atoms. The van der Waals surface area contributed by atoms with Crippen molar-refractivity contribution in [2.75, 3.05) is 26.3 Å². The second-order valence-corrected chi connectivity index (χ2v) is 4.84. The molecule has 1 unspecified atom stereocenters. The van der Waals surface area contributed by atoms with Crippen LogP contribution in [0.1, 0.15) is 27.2 Å². The number of rotatable bonds is 3. The number of nitrogens with two attached hydrogens (primary N) is 1. The number of likely N-dealkylation sites (tertiary alicyclic amines) is 1. The number of halogens is 1. The summed E-state index contributed by atoms with van der Waals surface area (Å²) in [5.41, 5.74) is 6.02. The molecule has 1 heterocycles. The summed E-state index contributed by atoms with van der Waals surface area (Å²) in [6.07, 6.45) is 0.880. The lowest BCUT2D eigenvalue weighted by Gasteiger charge is -2.42. The second kappa shape index (κ2) is 6.42. The molecular formula is C11H23ClN2O2. The van der Waals surface area contributed by atoms with Crippen LogP contribution in [0.5, 0.6) is 0 Å². The molecule has 1 aliphatic heterocycles. The predicted molar refractivity (Wildman–Crippen MR) is 66.7 cm³/mol. The van der Waals surface area contributed by atoms with Crippen molar-refractivity contribution in [3.63, 3.8) is 0 Å².